The van der Waals surface area contributed by atoms with Crippen LogP contribution in [0.25, 0.3) is 0 Å². The van der Waals surface area contributed by atoms with Crippen molar-refractivity contribution >= 4 is 17.7 Å². The zero-order valence-corrected chi connectivity index (χ0v) is 14.3. The lowest BCUT2D eigenvalue weighted by Gasteiger charge is -2.38. The SMILES string of the molecule is Cc1cccc(SCCN2C(=O)CCCN2CCC(C)O)c1. The van der Waals surface area contributed by atoms with Gasteiger partial charge < -0.3 is 5.11 Å². The highest BCUT2D eigenvalue weighted by atomic mass is 32.2. The number of aryl methyl sites for hydroxylation is 1. The maximum absolute atomic E-state index is 12.2. The molecule has 0 bridgehead atoms. The number of nitrogens with zero attached hydrogens (tertiary/aromatic N) is 2. The summed E-state index contributed by atoms with van der Waals surface area (Å²) in [5.41, 5.74) is 1.26. The Morgan fingerprint density at radius 3 is 2.91 bits per heavy atom. The van der Waals surface area contributed by atoms with Crippen LogP contribution >= 0.6 is 11.8 Å². The topological polar surface area (TPSA) is 43.8 Å². The lowest BCUT2D eigenvalue weighted by atomic mass is 10.2. The Bertz CT molecular complexity index is 493. The third-order valence-corrected chi connectivity index (χ3v) is 4.78. The average Bonchev–Trinajstić information content (AvgIpc) is 2.47. The van der Waals surface area contributed by atoms with E-state index in [-0.39, 0.29) is 12.0 Å². The van der Waals surface area contributed by atoms with Crippen molar-refractivity contribution < 1.29 is 9.90 Å². The summed E-state index contributed by atoms with van der Waals surface area (Å²) in [5, 5.41) is 13.4. The second-order valence-corrected chi connectivity index (χ2v) is 7.05. The molecule has 1 saturated heterocycles. The highest BCUT2D eigenvalue weighted by molar-refractivity contribution is 7.99. The van der Waals surface area contributed by atoms with Crippen molar-refractivity contribution in [2.75, 3.05) is 25.4 Å². The molecule has 0 saturated carbocycles. The van der Waals surface area contributed by atoms with Crippen LogP contribution in [0.5, 0.6) is 0 Å². The van der Waals surface area contributed by atoms with Gasteiger partial charge in [-0.2, -0.15) is 0 Å². The Hall–Kier alpha value is -1.04. The zero-order chi connectivity index (χ0) is 15.9. The van der Waals surface area contributed by atoms with Gasteiger partial charge in [-0.3, -0.25) is 9.80 Å². The first-order valence-corrected chi connectivity index (χ1v) is 8.97. The van der Waals surface area contributed by atoms with E-state index in [2.05, 4.69) is 36.2 Å². The van der Waals surface area contributed by atoms with E-state index in [0.717, 1.165) is 31.8 Å². The van der Waals surface area contributed by atoms with E-state index in [4.69, 9.17) is 0 Å². The molecule has 2 rings (SSSR count). The third-order valence-electron chi connectivity index (χ3n) is 3.80. The van der Waals surface area contributed by atoms with Gasteiger partial charge in [0.25, 0.3) is 0 Å². The first-order valence-electron chi connectivity index (χ1n) is 7.99. The van der Waals surface area contributed by atoms with E-state index in [1.54, 1.807) is 18.7 Å². The summed E-state index contributed by atoms with van der Waals surface area (Å²) in [5.74, 6) is 1.10. The number of aliphatic hydroxyl groups excluding tert-OH is 1. The quantitative estimate of drug-likeness (QED) is 0.784. The van der Waals surface area contributed by atoms with Gasteiger partial charge in [0.1, 0.15) is 0 Å². The molecule has 1 aliphatic rings. The van der Waals surface area contributed by atoms with Crippen molar-refractivity contribution in [1.82, 2.24) is 10.0 Å². The molecule has 5 heteroatoms. The van der Waals surface area contributed by atoms with Gasteiger partial charge in [-0.05, 0) is 38.8 Å². The molecule has 122 valence electrons. The highest BCUT2D eigenvalue weighted by Gasteiger charge is 2.25. The molecule has 0 radical (unpaired) electrons. The summed E-state index contributed by atoms with van der Waals surface area (Å²) in [6.07, 6.45) is 1.94. The molecule has 1 aromatic carbocycles. The zero-order valence-electron chi connectivity index (χ0n) is 13.5. The van der Waals surface area contributed by atoms with Gasteiger partial charge in [0.05, 0.1) is 6.10 Å². The van der Waals surface area contributed by atoms with E-state index in [1.807, 2.05) is 5.01 Å². The van der Waals surface area contributed by atoms with Crippen molar-refractivity contribution in [3.8, 4) is 0 Å². The molecule has 0 spiro atoms. The molecule has 1 heterocycles. The van der Waals surface area contributed by atoms with Crippen molar-refractivity contribution in [1.29, 1.82) is 0 Å². The van der Waals surface area contributed by atoms with Crippen molar-refractivity contribution in [2.45, 2.75) is 44.1 Å². The molecule has 1 N–H and O–H groups in total. The molecule has 0 aliphatic carbocycles. The molecule has 1 amide bonds. The normalized spacial score (nSPS) is 17.8. The van der Waals surface area contributed by atoms with Gasteiger partial charge >= 0.3 is 0 Å². The third kappa shape index (κ3) is 5.30. The Kier molecular flexibility index (Phi) is 6.73. The number of hydrogen-bond acceptors (Lipinski definition) is 4. The van der Waals surface area contributed by atoms with E-state index >= 15 is 0 Å². The van der Waals surface area contributed by atoms with Crippen LogP contribution < -0.4 is 0 Å². The molecule has 1 fully saturated rings. The number of rotatable bonds is 7. The van der Waals surface area contributed by atoms with Crippen LogP contribution in [0.3, 0.4) is 0 Å². The number of thioether (sulfide) groups is 1. The number of amides is 1. The van der Waals surface area contributed by atoms with E-state index in [9.17, 15) is 9.90 Å². The summed E-state index contributed by atoms with van der Waals surface area (Å²) < 4.78 is 0. The van der Waals surface area contributed by atoms with E-state index < -0.39 is 0 Å². The summed E-state index contributed by atoms with van der Waals surface area (Å²) >= 11 is 1.79. The molecule has 4 nitrogen and oxygen atoms in total. The summed E-state index contributed by atoms with van der Waals surface area (Å²) in [4.78, 5) is 13.4. The molecule has 1 atom stereocenters. The standard InChI is InChI=1S/C17H26N2O2S/c1-14-5-3-6-16(13-14)22-12-11-19-17(21)7-4-9-18(19)10-8-15(2)20/h3,5-6,13,15,20H,4,7-12H2,1-2H3. The Labute approximate surface area is 137 Å². The van der Waals surface area contributed by atoms with Crippen LogP contribution in [0.1, 0.15) is 31.7 Å². The van der Waals surface area contributed by atoms with Crippen LogP contribution in [0, 0.1) is 6.92 Å². The minimum atomic E-state index is -0.319. The van der Waals surface area contributed by atoms with E-state index in [1.165, 1.54) is 10.5 Å². The first kappa shape index (κ1) is 17.3. The second-order valence-electron chi connectivity index (χ2n) is 5.88. The molecule has 1 aromatic rings. The van der Waals surface area contributed by atoms with Crippen LogP contribution in [0.15, 0.2) is 29.2 Å². The fourth-order valence-corrected chi connectivity index (χ4v) is 3.55. The van der Waals surface area contributed by atoms with Gasteiger partial charge in [-0.25, -0.2) is 5.01 Å². The first-order chi connectivity index (χ1) is 10.6. The number of benzene rings is 1. The molecule has 22 heavy (non-hydrogen) atoms. The van der Waals surface area contributed by atoms with E-state index in [0.29, 0.717) is 12.8 Å². The minimum Gasteiger partial charge on any atom is -0.393 e. The number of hydrogen-bond donors (Lipinski definition) is 1. The minimum absolute atomic E-state index is 0.210. The molecule has 1 aliphatic heterocycles. The van der Waals surface area contributed by atoms with Gasteiger partial charge in [-0.1, -0.05) is 17.7 Å². The van der Waals surface area contributed by atoms with Gasteiger partial charge in [-0.15, -0.1) is 11.8 Å². The highest BCUT2D eigenvalue weighted by Crippen LogP contribution is 2.20. The van der Waals surface area contributed by atoms with Gasteiger partial charge in [0.15, 0.2) is 0 Å². The van der Waals surface area contributed by atoms with Crippen molar-refractivity contribution in [2.24, 2.45) is 0 Å². The maximum atomic E-state index is 12.2. The van der Waals surface area contributed by atoms with Crippen molar-refractivity contribution in [3.63, 3.8) is 0 Å². The largest absolute Gasteiger partial charge is 0.393 e. The van der Waals surface area contributed by atoms with Crippen LogP contribution in [0.4, 0.5) is 0 Å². The average molecular weight is 322 g/mol. The lowest BCUT2D eigenvalue weighted by molar-refractivity contribution is -0.155. The summed E-state index contributed by atoms with van der Waals surface area (Å²) in [6.45, 7) is 6.28. The summed E-state index contributed by atoms with van der Waals surface area (Å²) in [7, 11) is 0. The number of carbonyl (C=O) groups is 1. The molecule has 1 unspecified atom stereocenters. The van der Waals surface area contributed by atoms with Crippen LogP contribution in [-0.4, -0.2) is 52.5 Å². The number of hydrazine groups is 1. The Balaban J connectivity index is 1.85. The van der Waals surface area contributed by atoms with Crippen molar-refractivity contribution in [3.05, 3.63) is 29.8 Å². The smallest absolute Gasteiger partial charge is 0.236 e. The summed E-state index contributed by atoms with van der Waals surface area (Å²) in [6, 6.07) is 8.45. The van der Waals surface area contributed by atoms with Gasteiger partial charge in [0, 0.05) is 36.7 Å². The van der Waals surface area contributed by atoms with Crippen LogP contribution in [-0.2, 0) is 4.79 Å². The Morgan fingerprint density at radius 1 is 1.36 bits per heavy atom. The predicted octanol–water partition coefficient (Wildman–Crippen LogP) is 2.70. The molecular weight excluding hydrogens is 296 g/mol. The number of aliphatic hydroxyl groups is 1. The predicted molar refractivity (Wildman–Crippen MR) is 90.7 cm³/mol. The number of carbonyl (C=O) groups excluding carboxylic acids is 1. The van der Waals surface area contributed by atoms with Crippen LogP contribution in [0.2, 0.25) is 0 Å². The maximum Gasteiger partial charge on any atom is 0.236 e. The fraction of sp³-hybridized carbons (Fsp3) is 0.588. The Morgan fingerprint density at radius 2 is 2.18 bits per heavy atom. The van der Waals surface area contributed by atoms with Gasteiger partial charge in [0.2, 0.25) is 5.91 Å². The lowest BCUT2D eigenvalue weighted by Crippen LogP contribution is -2.52. The second kappa shape index (κ2) is 8.56. The molecule has 0 aromatic heterocycles. The fourth-order valence-electron chi connectivity index (χ4n) is 2.61. The molecular formula is C17H26N2O2S. The monoisotopic (exact) mass is 322 g/mol.